The molecule has 1 aliphatic carbocycles. The molecule has 13 heavy (non-hydrogen) atoms. The van der Waals surface area contributed by atoms with Crippen LogP contribution in [0.4, 0.5) is 0 Å². The normalized spacial score (nSPS) is 17.8. The molecule has 1 saturated carbocycles. The SMILES string of the molecule is C#CC1(c2cccc(O)c2O)CC1. The van der Waals surface area contributed by atoms with Crippen LogP contribution in [0.1, 0.15) is 18.4 Å². The highest BCUT2D eigenvalue weighted by molar-refractivity contribution is 5.54. The number of terminal acetylenes is 1. The molecule has 1 fully saturated rings. The Bertz CT molecular complexity index is 384. The summed E-state index contributed by atoms with van der Waals surface area (Å²) in [6.45, 7) is 0. The van der Waals surface area contributed by atoms with Gasteiger partial charge < -0.3 is 10.2 Å². The average molecular weight is 174 g/mol. The van der Waals surface area contributed by atoms with Gasteiger partial charge in [0.1, 0.15) is 0 Å². The zero-order chi connectivity index (χ0) is 9.47. The second kappa shape index (κ2) is 2.43. The van der Waals surface area contributed by atoms with Crippen molar-refractivity contribution in [3.8, 4) is 23.8 Å². The fourth-order valence-electron chi connectivity index (χ4n) is 1.53. The Morgan fingerprint density at radius 1 is 1.31 bits per heavy atom. The third-order valence-corrected chi connectivity index (χ3v) is 2.56. The molecule has 0 radical (unpaired) electrons. The van der Waals surface area contributed by atoms with Crippen molar-refractivity contribution in [3.63, 3.8) is 0 Å². The zero-order valence-corrected chi connectivity index (χ0v) is 7.12. The summed E-state index contributed by atoms with van der Waals surface area (Å²) in [5.74, 6) is 2.50. The molecule has 1 aromatic rings. The lowest BCUT2D eigenvalue weighted by Crippen LogP contribution is -2.02. The lowest BCUT2D eigenvalue weighted by atomic mass is 9.96. The molecule has 2 N–H and O–H groups in total. The molecule has 2 rings (SSSR count). The van der Waals surface area contributed by atoms with E-state index in [4.69, 9.17) is 6.42 Å². The predicted octanol–water partition coefficient (Wildman–Crippen LogP) is 1.76. The molecule has 0 amide bonds. The molecule has 1 aromatic carbocycles. The molecule has 66 valence electrons. The first-order valence-electron chi connectivity index (χ1n) is 4.19. The van der Waals surface area contributed by atoms with Crippen molar-refractivity contribution in [1.82, 2.24) is 0 Å². The Labute approximate surface area is 76.8 Å². The van der Waals surface area contributed by atoms with Crippen molar-refractivity contribution in [2.45, 2.75) is 18.3 Å². The van der Waals surface area contributed by atoms with Crippen LogP contribution in [0, 0.1) is 12.3 Å². The van der Waals surface area contributed by atoms with Crippen LogP contribution < -0.4 is 0 Å². The third kappa shape index (κ3) is 1.05. The molecule has 0 saturated heterocycles. The second-order valence-electron chi connectivity index (χ2n) is 3.40. The maximum atomic E-state index is 9.56. The molecule has 1 aliphatic rings. The molecule has 0 heterocycles. The number of phenolic OH excluding ortho intramolecular Hbond substituents is 2. The molecular weight excluding hydrogens is 164 g/mol. The molecule has 0 unspecified atom stereocenters. The Balaban J connectivity index is 2.54. The lowest BCUT2D eigenvalue weighted by molar-refractivity contribution is 0.397. The number of aromatic hydroxyl groups is 2. The molecule has 0 aliphatic heterocycles. The first-order chi connectivity index (χ1) is 6.19. The summed E-state index contributed by atoms with van der Waals surface area (Å²) < 4.78 is 0. The largest absolute Gasteiger partial charge is 0.504 e. The molecular formula is C11H10O2. The van der Waals surface area contributed by atoms with Gasteiger partial charge in [-0.05, 0) is 18.9 Å². The van der Waals surface area contributed by atoms with E-state index >= 15 is 0 Å². The van der Waals surface area contributed by atoms with E-state index in [0.717, 1.165) is 12.8 Å². The Kier molecular flexibility index (Phi) is 1.50. The summed E-state index contributed by atoms with van der Waals surface area (Å²) in [6, 6.07) is 4.91. The average Bonchev–Trinajstić information content (AvgIpc) is 2.90. The van der Waals surface area contributed by atoms with E-state index in [1.165, 1.54) is 6.07 Å². The van der Waals surface area contributed by atoms with E-state index in [-0.39, 0.29) is 16.9 Å². The van der Waals surface area contributed by atoms with E-state index in [9.17, 15) is 10.2 Å². The van der Waals surface area contributed by atoms with E-state index in [2.05, 4.69) is 5.92 Å². The Morgan fingerprint density at radius 2 is 2.00 bits per heavy atom. The van der Waals surface area contributed by atoms with Gasteiger partial charge in [0, 0.05) is 5.56 Å². The highest BCUT2D eigenvalue weighted by Crippen LogP contribution is 2.52. The smallest absolute Gasteiger partial charge is 0.162 e. The topological polar surface area (TPSA) is 40.5 Å². The summed E-state index contributed by atoms with van der Waals surface area (Å²) in [6.07, 6.45) is 7.16. The maximum absolute atomic E-state index is 9.56. The van der Waals surface area contributed by atoms with Gasteiger partial charge in [-0.1, -0.05) is 18.1 Å². The highest BCUT2D eigenvalue weighted by Gasteiger charge is 2.44. The van der Waals surface area contributed by atoms with Gasteiger partial charge in [0.15, 0.2) is 11.5 Å². The Morgan fingerprint density at radius 3 is 2.54 bits per heavy atom. The highest BCUT2D eigenvalue weighted by atomic mass is 16.3. The van der Waals surface area contributed by atoms with Gasteiger partial charge in [-0.25, -0.2) is 0 Å². The summed E-state index contributed by atoms with van der Waals surface area (Å²) in [5.41, 5.74) is 0.359. The van der Waals surface area contributed by atoms with E-state index in [1.54, 1.807) is 12.1 Å². The van der Waals surface area contributed by atoms with Crippen molar-refractivity contribution < 1.29 is 10.2 Å². The molecule has 0 bridgehead atoms. The van der Waals surface area contributed by atoms with Gasteiger partial charge in [-0.15, -0.1) is 6.42 Å². The van der Waals surface area contributed by atoms with Crippen LogP contribution >= 0.6 is 0 Å². The number of para-hydroxylation sites is 1. The van der Waals surface area contributed by atoms with Crippen molar-refractivity contribution in [1.29, 1.82) is 0 Å². The van der Waals surface area contributed by atoms with Crippen molar-refractivity contribution in [2.24, 2.45) is 0 Å². The number of phenols is 2. The lowest BCUT2D eigenvalue weighted by Gasteiger charge is -2.10. The molecule has 2 nitrogen and oxygen atoms in total. The number of benzene rings is 1. The van der Waals surface area contributed by atoms with Crippen LogP contribution in [0.25, 0.3) is 0 Å². The van der Waals surface area contributed by atoms with E-state index in [0.29, 0.717) is 5.56 Å². The summed E-state index contributed by atoms with van der Waals surface area (Å²) in [5, 5.41) is 18.8. The zero-order valence-electron chi connectivity index (χ0n) is 7.12. The van der Waals surface area contributed by atoms with Gasteiger partial charge >= 0.3 is 0 Å². The minimum atomic E-state index is -0.317. The van der Waals surface area contributed by atoms with Gasteiger partial charge in [-0.2, -0.15) is 0 Å². The van der Waals surface area contributed by atoms with Crippen LogP contribution in [0.5, 0.6) is 11.5 Å². The first-order valence-corrected chi connectivity index (χ1v) is 4.19. The van der Waals surface area contributed by atoms with Crippen LogP contribution in [-0.4, -0.2) is 10.2 Å². The quantitative estimate of drug-likeness (QED) is 0.503. The monoisotopic (exact) mass is 174 g/mol. The van der Waals surface area contributed by atoms with Crippen LogP contribution in [0.3, 0.4) is 0 Å². The summed E-state index contributed by atoms with van der Waals surface area (Å²) in [4.78, 5) is 0. The van der Waals surface area contributed by atoms with E-state index < -0.39 is 0 Å². The third-order valence-electron chi connectivity index (χ3n) is 2.56. The fraction of sp³-hybridized carbons (Fsp3) is 0.273. The Hall–Kier alpha value is -1.62. The summed E-state index contributed by atoms with van der Waals surface area (Å²) in [7, 11) is 0. The number of hydrogen-bond donors (Lipinski definition) is 2. The van der Waals surface area contributed by atoms with Crippen molar-refractivity contribution >= 4 is 0 Å². The van der Waals surface area contributed by atoms with Crippen LogP contribution in [-0.2, 0) is 5.41 Å². The second-order valence-corrected chi connectivity index (χ2v) is 3.40. The van der Waals surface area contributed by atoms with Crippen molar-refractivity contribution in [2.75, 3.05) is 0 Å². The predicted molar refractivity (Wildman–Crippen MR) is 49.5 cm³/mol. The van der Waals surface area contributed by atoms with Gasteiger partial charge in [0.25, 0.3) is 0 Å². The van der Waals surface area contributed by atoms with E-state index in [1.807, 2.05) is 0 Å². The minimum Gasteiger partial charge on any atom is -0.504 e. The summed E-state index contributed by atoms with van der Waals surface area (Å²) >= 11 is 0. The fourth-order valence-corrected chi connectivity index (χ4v) is 1.53. The van der Waals surface area contributed by atoms with Crippen LogP contribution in [0.2, 0.25) is 0 Å². The molecule has 0 spiro atoms. The number of hydrogen-bond acceptors (Lipinski definition) is 2. The van der Waals surface area contributed by atoms with Gasteiger partial charge in [0.05, 0.1) is 5.41 Å². The molecule has 0 aromatic heterocycles. The van der Waals surface area contributed by atoms with Crippen molar-refractivity contribution in [3.05, 3.63) is 23.8 Å². The first kappa shape index (κ1) is 8.00. The maximum Gasteiger partial charge on any atom is 0.162 e. The molecule has 0 atom stereocenters. The molecule has 2 heteroatoms. The van der Waals surface area contributed by atoms with Gasteiger partial charge in [-0.3, -0.25) is 0 Å². The number of rotatable bonds is 1. The minimum absolute atomic E-state index is 0.0713. The standard InChI is InChI=1S/C11H10O2/c1-2-11(6-7-11)8-4-3-5-9(12)10(8)13/h1,3-5,12-13H,6-7H2. The van der Waals surface area contributed by atoms with Crippen LogP contribution in [0.15, 0.2) is 18.2 Å². The van der Waals surface area contributed by atoms with Gasteiger partial charge in [0.2, 0.25) is 0 Å².